The highest BCUT2D eigenvalue weighted by Gasteiger charge is 2.38. The summed E-state index contributed by atoms with van der Waals surface area (Å²) in [6.45, 7) is 18.1. The van der Waals surface area contributed by atoms with Crippen LogP contribution < -0.4 is 16.1 Å². The minimum Gasteiger partial charge on any atom is -0.464 e. The largest absolute Gasteiger partial charge is 0.464 e. The topological polar surface area (TPSA) is 150 Å². The molecule has 0 saturated carbocycles. The van der Waals surface area contributed by atoms with Gasteiger partial charge < -0.3 is 39.0 Å². The van der Waals surface area contributed by atoms with Gasteiger partial charge in [-0.15, -0.1) is 11.3 Å². The summed E-state index contributed by atoms with van der Waals surface area (Å²) in [5.74, 6) is -0.749. The smallest absolute Gasteiger partial charge is 0.324 e. The summed E-state index contributed by atoms with van der Waals surface area (Å²) >= 11 is 1.43. The van der Waals surface area contributed by atoms with E-state index in [-0.39, 0.29) is 24.7 Å². The van der Waals surface area contributed by atoms with Crippen molar-refractivity contribution in [3.05, 3.63) is 52.1 Å². The Morgan fingerprint density at radius 2 is 1.88 bits per heavy atom. The van der Waals surface area contributed by atoms with Gasteiger partial charge in [-0.3, -0.25) is 19.6 Å². The molecular weight excluding hydrogens is 769 g/mol. The second kappa shape index (κ2) is 18.3. The number of hydrazine groups is 1. The molecule has 4 aromatic rings. The third kappa shape index (κ3) is 9.36. The molecule has 6 bridgehead atoms. The standard InChI is InChI=1S/C44H62N8O6S/c1-9-56-40-37(45)42(53)52-14-10-11-34(48-52)43(54)58-26-44(5,6)23-33-31-21-29(35-25-59-41(40)47-35)12-13-36(31)51(19-20-57-27(2)3)39(33)32-22-30(24-46-38(32)28(4)55-8)50-17-15-49(7)16-18-50/h12-13,21-22,24-25,27-28,34,37,40,48H,9-11,14-20,23,26,45H2,1-8H3/t28-,34-,37-,40-/m0/s1. The van der Waals surface area contributed by atoms with Gasteiger partial charge in [-0.2, -0.15) is 0 Å². The number of hydrogen-bond acceptors (Lipinski definition) is 13. The number of thiazole rings is 1. The molecule has 4 atom stereocenters. The van der Waals surface area contributed by atoms with Crippen LogP contribution in [0.4, 0.5) is 5.69 Å². The van der Waals surface area contributed by atoms with Crippen molar-refractivity contribution < 1.29 is 28.5 Å². The molecule has 59 heavy (non-hydrogen) atoms. The van der Waals surface area contributed by atoms with E-state index in [4.69, 9.17) is 34.6 Å². The molecule has 3 N–H and O–H groups in total. The van der Waals surface area contributed by atoms with E-state index in [1.54, 1.807) is 7.11 Å². The zero-order valence-electron chi connectivity index (χ0n) is 36.0. The Morgan fingerprint density at radius 1 is 1.10 bits per heavy atom. The number of fused-ring (bicyclic) bond motifs is 6. The highest BCUT2D eigenvalue weighted by atomic mass is 32.1. The number of nitrogens with one attached hydrogen (secondary N) is 1. The van der Waals surface area contributed by atoms with Crippen molar-refractivity contribution in [2.24, 2.45) is 11.1 Å². The Kier molecular flexibility index (Phi) is 13.4. The number of ether oxygens (including phenoxy) is 4. The lowest BCUT2D eigenvalue weighted by Gasteiger charge is -2.36. The number of amides is 1. The molecule has 3 aromatic heterocycles. The third-order valence-corrected chi connectivity index (χ3v) is 12.6. The molecule has 2 saturated heterocycles. The van der Waals surface area contributed by atoms with E-state index in [0.29, 0.717) is 50.6 Å². The van der Waals surface area contributed by atoms with Crippen molar-refractivity contribution in [2.75, 3.05) is 71.6 Å². The number of piperazine rings is 1. The molecule has 320 valence electrons. The number of anilines is 1. The number of rotatable bonds is 10. The number of carbonyl (C=O) groups excluding carboxylic acids is 2. The average Bonchev–Trinajstić information content (AvgIpc) is 3.83. The molecule has 1 aromatic carbocycles. The highest BCUT2D eigenvalue weighted by molar-refractivity contribution is 7.10. The van der Waals surface area contributed by atoms with Gasteiger partial charge in [0.25, 0.3) is 5.91 Å². The Labute approximate surface area is 352 Å². The van der Waals surface area contributed by atoms with Crippen molar-refractivity contribution in [3.8, 4) is 22.5 Å². The number of hydrogen-bond donors (Lipinski definition) is 2. The number of nitrogens with zero attached hydrogens (tertiary/aromatic N) is 6. The Hall–Kier alpha value is -3.96. The lowest BCUT2D eigenvalue weighted by molar-refractivity contribution is -0.155. The van der Waals surface area contributed by atoms with Crippen LogP contribution in [0.5, 0.6) is 0 Å². The van der Waals surface area contributed by atoms with Gasteiger partial charge in [0.15, 0.2) is 0 Å². The first-order valence-electron chi connectivity index (χ1n) is 21.1. The molecule has 3 aliphatic rings. The maximum Gasteiger partial charge on any atom is 0.324 e. The fourth-order valence-corrected chi connectivity index (χ4v) is 9.31. The van der Waals surface area contributed by atoms with Gasteiger partial charge in [0, 0.05) is 85.8 Å². The zero-order valence-corrected chi connectivity index (χ0v) is 36.8. The SMILES string of the molecule is CCO[C@@H]1c2nc(cs2)-c2ccc3c(c2)c(c(-c2cc(N4CCN(C)CC4)cnc2[C@H](C)OC)n3CCOC(C)C)CC(C)(C)COC(=O)[C@@H]2CCCN(N2)C(=O)[C@H]1N. The number of carbonyl (C=O) groups is 2. The van der Waals surface area contributed by atoms with Crippen LogP contribution in [0.3, 0.4) is 0 Å². The predicted octanol–water partition coefficient (Wildman–Crippen LogP) is 5.74. The van der Waals surface area contributed by atoms with Crippen LogP contribution in [-0.4, -0.2) is 121 Å². The summed E-state index contributed by atoms with van der Waals surface area (Å²) in [4.78, 5) is 42.6. The number of esters is 1. The number of methoxy groups -OCH3 is 1. The molecule has 0 aliphatic carbocycles. The Bertz CT molecular complexity index is 2110. The number of pyridine rings is 1. The van der Waals surface area contributed by atoms with E-state index in [9.17, 15) is 9.59 Å². The van der Waals surface area contributed by atoms with Crippen LogP contribution >= 0.6 is 11.3 Å². The third-order valence-electron chi connectivity index (χ3n) is 11.7. The molecule has 0 radical (unpaired) electrons. The molecule has 1 amide bonds. The first-order chi connectivity index (χ1) is 28.3. The molecular formula is C44H62N8O6S. The fraction of sp³-hybridized carbons (Fsp3) is 0.591. The van der Waals surface area contributed by atoms with Gasteiger partial charge in [-0.05, 0) is 77.8 Å². The van der Waals surface area contributed by atoms with Gasteiger partial charge in [0.2, 0.25) is 0 Å². The van der Waals surface area contributed by atoms with E-state index in [1.807, 2.05) is 25.4 Å². The lowest BCUT2D eigenvalue weighted by Crippen LogP contribution is -2.60. The van der Waals surface area contributed by atoms with Crippen molar-refractivity contribution in [1.82, 2.24) is 29.9 Å². The molecule has 15 heteroatoms. The number of cyclic esters (lactones) is 1. The zero-order chi connectivity index (χ0) is 42.0. The summed E-state index contributed by atoms with van der Waals surface area (Å²) in [5, 5.41) is 5.15. The van der Waals surface area contributed by atoms with Crippen LogP contribution in [-0.2, 0) is 41.5 Å². The van der Waals surface area contributed by atoms with Gasteiger partial charge in [-0.25, -0.2) is 10.4 Å². The van der Waals surface area contributed by atoms with Crippen molar-refractivity contribution >= 4 is 39.8 Å². The Balaban J connectivity index is 1.45. The van der Waals surface area contributed by atoms with Crippen LogP contribution in [0, 0.1) is 5.41 Å². The highest BCUT2D eigenvalue weighted by Crippen LogP contribution is 2.43. The van der Waals surface area contributed by atoms with Gasteiger partial charge in [-0.1, -0.05) is 19.9 Å². The van der Waals surface area contributed by atoms with E-state index in [1.165, 1.54) is 16.3 Å². The number of aromatic nitrogens is 3. The van der Waals surface area contributed by atoms with Gasteiger partial charge in [0.05, 0.1) is 54.4 Å². The molecule has 7 rings (SSSR count). The van der Waals surface area contributed by atoms with Crippen LogP contribution in [0.15, 0.2) is 35.8 Å². The van der Waals surface area contributed by atoms with E-state index >= 15 is 0 Å². The molecule has 14 nitrogen and oxygen atoms in total. The minimum atomic E-state index is -1.04. The number of nitrogens with two attached hydrogens (primary N) is 1. The van der Waals surface area contributed by atoms with E-state index < -0.39 is 29.6 Å². The maximum absolute atomic E-state index is 13.8. The van der Waals surface area contributed by atoms with E-state index in [2.05, 4.69) is 78.8 Å². The average molecular weight is 831 g/mol. The maximum atomic E-state index is 13.8. The van der Waals surface area contributed by atoms with Crippen LogP contribution in [0.1, 0.15) is 82.9 Å². The quantitative estimate of drug-likeness (QED) is 0.188. The fourth-order valence-electron chi connectivity index (χ4n) is 8.39. The molecule has 0 spiro atoms. The molecule has 2 fully saturated rings. The van der Waals surface area contributed by atoms with Gasteiger partial charge in [0.1, 0.15) is 23.2 Å². The molecule has 0 unspecified atom stereocenters. The molecule has 3 aliphatic heterocycles. The summed E-state index contributed by atoms with van der Waals surface area (Å²) in [6.07, 6.45) is 2.75. The van der Waals surface area contributed by atoms with Crippen molar-refractivity contribution in [3.63, 3.8) is 0 Å². The first kappa shape index (κ1) is 43.1. The summed E-state index contributed by atoms with van der Waals surface area (Å²) < 4.78 is 26.9. The monoisotopic (exact) mass is 830 g/mol. The predicted molar refractivity (Wildman–Crippen MR) is 231 cm³/mol. The summed E-state index contributed by atoms with van der Waals surface area (Å²) in [7, 11) is 3.89. The van der Waals surface area contributed by atoms with E-state index in [0.717, 1.165) is 76.5 Å². The summed E-state index contributed by atoms with van der Waals surface area (Å²) in [6, 6.07) is 7.06. The van der Waals surface area contributed by atoms with Crippen LogP contribution in [0.2, 0.25) is 0 Å². The summed E-state index contributed by atoms with van der Waals surface area (Å²) in [5.41, 5.74) is 17.2. The molecule has 6 heterocycles. The first-order valence-corrected chi connectivity index (χ1v) is 22.0. The Morgan fingerprint density at radius 3 is 2.61 bits per heavy atom. The normalized spacial score (nSPS) is 22.5. The number of benzene rings is 1. The minimum absolute atomic E-state index is 0.0656. The second-order valence-electron chi connectivity index (χ2n) is 17.2. The lowest BCUT2D eigenvalue weighted by atomic mass is 9.84. The second-order valence-corrected chi connectivity index (χ2v) is 18.0. The van der Waals surface area contributed by atoms with Crippen molar-refractivity contribution in [1.29, 1.82) is 0 Å². The van der Waals surface area contributed by atoms with Crippen LogP contribution in [0.25, 0.3) is 33.4 Å². The number of likely N-dealkylation sites (N-methyl/N-ethyl adjacent to an activating group) is 1. The van der Waals surface area contributed by atoms with Gasteiger partial charge >= 0.3 is 5.97 Å². The van der Waals surface area contributed by atoms with Crippen molar-refractivity contribution in [2.45, 2.75) is 97.7 Å².